The van der Waals surface area contributed by atoms with E-state index in [4.69, 9.17) is 9.97 Å². The van der Waals surface area contributed by atoms with Gasteiger partial charge in [0.05, 0.1) is 16.4 Å². The fourth-order valence-corrected chi connectivity index (χ4v) is 3.33. The maximum atomic E-state index is 12.7. The molecule has 0 bridgehead atoms. The molecule has 0 spiro atoms. The number of para-hydroxylation sites is 2. The normalized spacial score (nSPS) is 13.0. The van der Waals surface area contributed by atoms with Gasteiger partial charge in [0, 0.05) is 11.9 Å². The summed E-state index contributed by atoms with van der Waals surface area (Å²) in [5, 5.41) is 1.79. The van der Waals surface area contributed by atoms with Gasteiger partial charge in [-0.15, -0.1) is 0 Å². The van der Waals surface area contributed by atoms with E-state index in [0.717, 1.165) is 34.1 Å². The maximum absolute atomic E-state index is 12.7. The first-order valence-corrected chi connectivity index (χ1v) is 7.70. The molecule has 0 atom stereocenters. The standard InChI is InChI=1S/C19H13N3O/c23-19-14-6-2-4-8-16(14)21-18-17-13(9-10-22(18)19)11-12-5-1-3-7-15(12)20-17/h1-8,11H,9-10H2. The first-order chi connectivity index (χ1) is 11.3. The Morgan fingerprint density at radius 2 is 1.70 bits per heavy atom. The van der Waals surface area contributed by atoms with Gasteiger partial charge >= 0.3 is 0 Å². The molecule has 0 saturated carbocycles. The number of rotatable bonds is 0. The number of pyridine rings is 1. The van der Waals surface area contributed by atoms with Crippen LogP contribution in [-0.4, -0.2) is 14.5 Å². The fraction of sp³-hybridized carbons (Fsp3) is 0.105. The Morgan fingerprint density at radius 3 is 2.61 bits per heavy atom. The molecule has 0 fully saturated rings. The van der Waals surface area contributed by atoms with Crippen molar-refractivity contribution in [2.75, 3.05) is 0 Å². The molecule has 0 unspecified atom stereocenters. The quantitative estimate of drug-likeness (QED) is 0.501. The zero-order chi connectivity index (χ0) is 15.4. The molecule has 2 aromatic heterocycles. The number of hydrogen-bond donors (Lipinski definition) is 0. The van der Waals surface area contributed by atoms with Crippen molar-refractivity contribution >= 4 is 21.8 Å². The highest BCUT2D eigenvalue weighted by Gasteiger charge is 2.21. The molecule has 4 nitrogen and oxygen atoms in total. The molecule has 4 heteroatoms. The van der Waals surface area contributed by atoms with Crippen LogP contribution in [0.4, 0.5) is 0 Å². The molecule has 0 N–H and O–H groups in total. The zero-order valence-electron chi connectivity index (χ0n) is 12.4. The predicted molar refractivity (Wildman–Crippen MR) is 90.4 cm³/mol. The van der Waals surface area contributed by atoms with Gasteiger partial charge in [0.2, 0.25) is 0 Å². The molecule has 5 rings (SSSR count). The topological polar surface area (TPSA) is 47.8 Å². The molecule has 3 heterocycles. The second-order valence-electron chi connectivity index (χ2n) is 5.85. The van der Waals surface area contributed by atoms with Crippen LogP contribution >= 0.6 is 0 Å². The van der Waals surface area contributed by atoms with Gasteiger partial charge in [0.15, 0.2) is 5.82 Å². The summed E-state index contributed by atoms with van der Waals surface area (Å²) in [4.78, 5) is 22.2. The Bertz CT molecular complexity index is 1140. The van der Waals surface area contributed by atoms with Crippen LogP contribution in [0.1, 0.15) is 5.56 Å². The van der Waals surface area contributed by atoms with Gasteiger partial charge in [-0.25, -0.2) is 9.97 Å². The van der Waals surface area contributed by atoms with Crippen molar-refractivity contribution in [3.8, 4) is 11.5 Å². The zero-order valence-corrected chi connectivity index (χ0v) is 12.4. The molecule has 1 aliphatic heterocycles. The van der Waals surface area contributed by atoms with Gasteiger partial charge in [-0.3, -0.25) is 9.36 Å². The van der Waals surface area contributed by atoms with Crippen molar-refractivity contribution < 1.29 is 0 Å². The molecule has 2 aromatic carbocycles. The van der Waals surface area contributed by atoms with Gasteiger partial charge in [0.25, 0.3) is 5.56 Å². The lowest BCUT2D eigenvalue weighted by molar-refractivity contribution is 0.648. The number of benzene rings is 2. The highest BCUT2D eigenvalue weighted by molar-refractivity contribution is 5.84. The molecule has 1 aliphatic rings. The number of nitrogens with zero attached hydrogens (tertiary/aromatic N) is 3. The summed E-state index contributed by atoms with van der Waals surface area (Å²) in [5.74, 6) is 0.681. The van der Waals surface area contributed by atoms with Crippen LogP contribution in [0, 0.1) is 0 Å². The predicted octanol–water partition coefficient (Wildman–Crippen LogP) is 3.17. The van der Waals surface area contributed by atoms with E-state index in [1.807, 2.05) is 42.5 Å². The Labute approximate surface area is 132 Å². The summed E-state index contributed by atoms with van der Waals surface area (Å²) >= 11 is 0. The summed E-state index contributed by atoms with van der Waals surface area (Å²) < 4.78 is 1.76. The Kier molecular flexibility index (Phi) is 2.45. The van der Waals surface area contributed by atoms with E-state index in [9.17, 15) is 4.79 Å². The van der Waals surface area contributed by atoms with Gasteiger partial charge in [-0.1, -0.05) is 30.3 Å². The van der Waals surface area contributed by atoms with Crippen LogP contribution in [0.3, 0.4) is 0 Å². The van der Waals surface area contributed by atoms with Crippen LogP contribution in [0.2, 0.25) is 0 Å². The molecule has 0 saturated heterocycles. The summed E-state index contributed by atoms with van der Waals surface area (Å²) in [6, 6.07) is 17.7. The minimum absolute atomic E-state index is 0.0196. The van der Waals surface area contributed by atoms with E-state index in [1.165, 1.54) is 0 Å². The van der Waals surface area contributed by atoms with Gasteiger partial charge in [-0.05, 0) is 36.2 Å². The van der Waals surface area contributed by atoms with Crippen molar-refractivity contribution in [3.63, 3.8) is 0 Å². The third kappa shape index (κ3) is 1.75. The average Bonchev–Trinajstić information content (AvgIpc) is 2.60. The van der Waals surface area contributed by atoms with E-state index in [-0.39, 0.29) is 5.56 Å². The monoisotopic (exact) mass is 299 g/mol. The van der Waals surface area contributed by atoms with Gasteiger partial charge < -0.3 is 0 Å². The lowest BCUT2D eigenvalue weighted by atomic mass is 10.0. The van der Waals surface area contributed by atoms with E-state index < -0.39 is 0 Å². The van der Waals surface area contributed by atoms with Crippen molar-refractivity contribution in [2.45, 2.75) is 13.0 Å². The second kappa shape index (κ2) is 4.49. The van der Waals surface area contributed by atoms with Gasteiger partial charge in [-0.2, -0.15) is 0 Å². The molecule has 0 amide bonds. The summed E-state index contributed by atoms with van der Waals surface area (Å²) in [6.07, 6.45) is 0.806. The molecular weight excluding hydrogens is 286 g/mol. The highest BCUT2D eigenvalue weighted by atomic mass is 16.1. The molecule has 110 valence electrons. The Morgan fingerprint density at radius 1 is 0.913 bits per heavy atom. The van der Waals surface area contributed by atoms with E-state index in [1.54, 1.807) is 4.57 Å². The average molecular weight is 299 g/mol. The molecule has 0 aliphatic carbocycles. The van der Waals surface area contributed by atoms with E-state index >= 15 is 0 Å². The van der Waals surface area contributed by atoms with E-state index in [2.05, 4.69) is 12.1 Å². The molecular formula is C19H13N3O. The lowest BCUT2D eigenvalue weighted by Gasteiger charge is -2.21. The molecule has 23 heavy (non-hydrogen) atoms. The van der Waals surface area contributed by atoms with Crippen molar-refractivity contribution in [3.05, 3.63) is 70.5 Å². The minimum Gasteiger partial charge on any atom is -0.290 e. The third-order valence-electron chi connectivity index (χ3n) is 4.48. The van der Waals surface area contributed by atoms with Crippen LogP contribution in [0.25, 0.3) is 33.3 Å². The van der Waals surface area contributed by atoms with Crippen LogP contribution in [0.5, 0.6) is 0 Å². The summed E-state index contributed by atoms with van der Waals surface area (Å²) in [5.41, 5.74) is 3.67. The molecule has 4 aromatic rings. The summed E-state index contributed by atoms with van der Waals surface area (Å²) in [6.45, 7) is 0.652. The minimum atomic E-state index is 0.0196. The van der Waals surface area contributed by atoms with E-state index in [0.29, 0.717) is 17.8 Å². The lowest BCUT2D eigenvalue weighted by Crippen LogP contribution is -2.28. The SMILES string of the molecule is O=c1c2ccccc2nc2n1CCc1cc3ccccc3nc1-2. The number of fused-ring (bicyclic) bond motifs is 5. The third-order valence-corrected chi connectivity index (χ3v) is 4.48. The smallest absolute Gasteiger partial charge is 0.261 e. The second-order valence-corrected chi connectivity index (χ2v) is 5.85. The Hall–Kier alpha value is -3.01. The van der Waals surface area contributed by atoms with Crippen molar-refractivity contribution in [1.82, 2.24) is 14.5 Å². The Balaban J connectivity index is 1.89. The number of aromatic nitrogens is 3. The largest absolute Gasteiger partial charge is 0.290 e. The number of hydrogen-bond acceptors (Lipinski definition) is 3. The first-order valence-electron chi connectivity index (χ1n) is 7.70. The van der Waals surface area contributed by atoms with Crippen LogP contribution in [-0.2, 0) is 13.0 Å². The molecule has 0 radical (unpaired) electrons. The van der Waals surface area contributed by atoms with Crippen LogP contribution in [0.15, 0.2) is 59.4 Å². The fourth-order valence-electron chi connectivity index (χ4n) is 3.33. The van der Waals surface area contributed by atoms with Crippen molar-refractivity contribution in [1.29, 1.82) is 0 Å². The van der Waals surface area contributed by atoms with Gasteiger partial charge in [0.1, 0.15) is 5.69 Å². The van der Waals surface area contributed by atoms with Crippen molar-refractivity contribution in [2.24, 2.45) is 0 Å². The summed E-state index contributed by atoms with van der Waals surface area (Å²) in [7, 11) is 0. The highest BCUT2D eigenvalue weighted by Crippen LogP contribution is 2.29. The first kappa shape index (κ1) is 12.5. The maximum Gasteiger partial charge on any atom is 0.261 e. The van der Waals surface area contributed by atoms with Crippen LogP contribution < -0.4 is 5.56 Å². The number of aryl methyl sites for hydroxylation is 1.